The van der Waals surface area contributed by atoms with Crippen molar-refractivity contribution in [1.29, 1.82) is 0 Å². The van der Waals surface area contributed by atoms with E-state index in [0.29, 0.717) is 0 Å². The standard InChI is InChI=1S/C40H26N4/c1-4-14-27(15-5-1)36-37(28-16-6-2-7-17-28)44-39(38(43-36)29-18-8-3-9-19-29)30-24-25-35(41-26-30)40-33-22-11-10-20-31(33)32-21-12-13-23-34(32)42-40/h1-26H. The Hall–Kier alpha value is -6.00. The van der Waals surface area contributed by atoms with E-state index >= 15 is 0 Å². The van der Waals surface area contributed by atoms with E-state index in [1.54, 1.807) is 0 Å². The molecule has 3 heterocycles. The van der Waals surface area contributed by atoms with Gasteiger partial charge in [0.1, 0.15) is 0 Å². The quantitative estimate of drug-likeness (QED) is 0.196. The topological polar surface area (TPSA) is 51.6 Å². The van der Waals surface area contributed by atoms with Crippen LogP contribution in [0.4, 0.5) is 0 Å². The van der Waals surface area contributed by atoms with Crippen molar-refractivity contribution in [3.05, 3.63) is 158 Å². The second-order valence-corrected chi connectivity index (χ2v) is 10.7. The lowest BCUT2D eigenvalue weighted by Crippen LogP contribution is -2.01. The molecule has 8 aromatic rings. The van der Waals surface area contributed by atoms with Crippen LogP contribution in [0.1, 0.15) is 0 Å². The van der Waals surface area contributed by atoms with E-state index in [0.717, 1.165) is 72.7 Å². The van der Waals surface area contributed by atoms with Gasteiger partial charge in [-0.3, -0.25) is 4.98 Å². The predicted molar refractivity (Wildman–Crippen MR) is 180 cm³/mol. The first kappa shape index (κ1) is 25.7. The lowest BCUT2D eigenvalue weighted by molar-refractivity contribution is 1.20. The fraction of sp³-hybridized carbons (Fsp3) is 0. The van der Waals surface area contributed by atoms with Crippen LogP contribution in [-0.2, 0) is 0 Å². The van der Waals surface area contributed by atoms with E-state index in [2.05, 4.69) is 84.9 Å². The highest BCUT2D eigenvalue weighted by molar-refractivity contribution is 6.10. The third kappa shape index (κ3) is 4.59. The van der Waals surface area contributed by atoms with Crippen molar-refractivity contribution in [3.8, 4) is 56.4 Å². The molecule has 0 unspecified atom stereocenters. The molecule has 0 aliphatic carbocycles. The maximum Gasteiger partial charge on any atom is 0.0988 e. The number of aromatic nitrogens is 4. The summed E-state index contributed by atoms with van der Waals surface area (Å²) in [4.78, 5) is 20.7. The molecule has 0 radical (unpaired) electrons. The first-order valence-electron chi connectivity index (χ1n) is 14.7. The van der Waals surface area contributed by atoms with Crippen molar-refractivity contribution >= 4 is 21.7 Å². The first-order chi connectivity index (χ1) is 21.8. The van der Waals surface area contributed by atoms with E-state index in [-0.39, 0.29) is 0 Å². The SMILES string of the molecule is c1ccc(-c2nc(-c3ccccc3)c(-c3ccc(-c4nc5ccccc5c5ccccc45)nc3)nc2-c2ccccc2)cc1. The average Bonchev–Trinajstić information content (AvgIpc) is 3.12. The molecule has 44 heavy (non-hydrogen) atoms. The van der Waals surface area contributed by atoms with Gasteiger partial charge in [0.2, 0.25) is 0 Å². The molecule has 0 amide bonds. The molecule has 0 fully saturated rings. The van der Waals surface area contributed by atoms with E-state index in [1.165, 1.54) is 5.39 Å². The molecule has 0 atom stereocenters. The Morgan fingerprint density at radius 2 is 0.750 bits per heavy atom. The molecule has 0 N–H and O–H groups in total. The molecule has 5 aromatic carbocycles. The van der Waals surface area contributed by atoms with Crippen molar-refractivity contribution < 1.29 is 0 Å². The van der Waals surface area contributed by atoms with E-state index in [4.69, 9.17) is 19.9 Å². The molecular formula is C40H26N4. The van der Waals surface area contributed by atoms with Gasteiger partial charge in [-0.15, -0.1) is 0 Å². The number of nitrogens with zero attached hydrogens (tertiary/aromatic N) is 4. The van der Waals surface area contributed by atoms with Gasteiger partial charge in [0.05, 0.1) is 39.7 Å². The van der Waals surface area contributed by atoms with Crippen molar-refractivity contribution in [3.63, 3.8) is 0 Å². The molecular weight excluding hydrogens is 536 g/mol. The Balaban J connectivity index is 1.33. The summed E-state index contributed by atoms with van der Waals surface area (Å²) in [7, 11) is 0. The van der Waals surface area contributed by atoms with Gasteiger partial charge in [-0.1, -0.05) is 133 Å². The van der Waals surface area contributed by atoms with Crippen LogP contribution in [-0.4, -0.2) is 19.9 Å². The lowest BCUT2D eigenvalue weighted by atomic mass is 9.99. The summed E-state index contributed by atoms with van der Waals surface area (Å²) < 4.78 is 0. The van der Waals surface area contributed by atoms with E-state index in [1.807, 2.05) is 72.9 Å². The zero-order chi connectivity index (χ0) is 29.3. The number of fused-ring (bicyclic) bond motifs is 3. The van der Waals surface area contributed by atoms with Crippen molar-refractivity contribution in [2.24, 2.45) is 0 Å². The summed E-state index contributed by atoms with van der Waals surface area (Å²) in [5, 5.41) is 3.38. The minimum atomic E-state index is 0.783. The van der Waals surface area contributed by atoms with E-state index < -0.39 is 0 Å². The molecule has 0 aliphatic rings. The van der Waals surface area contributed by atoms with Gasteiger partial charge in [0, 0.05) is 39.2 Å². The summed E-state index contributed by atoms with van der Waals surface area (Å²) in [5.74, 6) is 0. The number of rotatable bonds is 5. The second-order valence-electron chi connectivity index (χ2n) is 10.7. The number of para-hydroxylation sites is 1. The number of hydrogen-bond acceptors (Lipinski definition) is 4. The van der Waals surface area contributed by atoms with Crippen LogP contribution in [0.3, 0.4) is 0 Å². The molecule has 206 valence electrons. The van der Waals surface area contributed by atoms with Gasteiger partial charge in [0.25, 0.3) is 0 Å². The van der Waals surface area contributed by atoms with Crippen LogP contribution in [0.5, 0.6) is 0 Å². The van der Waals surface area contributed by atoms with Crippen LogP contribution >= 0.6 is 0 Å². The van der Waals surface area contributed by atoms with Crippen molar-refractivity contribution in [2.75, 3.05) is 0 Å². The lowest BCUT2D eigenvalue weighted by Gasteiger charge is -2.16. The molecule has 0 aliphatic heterocycles. The van der Waals surface area contributed by atoms with Gasteiger partial charge in [0.15, 0.2) is 0 Å². The smallest absolute Gasteiger partial charge is 0.0988 e. The summed E-state index contributed by atoms with van der Waals surface area (Å²) in [6.45, 7) is 0. The zero-order valence-corrected chi connectivity index (χ0v) is 23.8. The van der Waals surface area contributed by atoms with Crippen molar-refractivity contribution in [1.82, 2.24) is 19.9 Å². The molecule has 0 spiro atoms. The Bertz CT molecular complexity index is 2250. The zero-order valence-electron chi connectivity index (χ0n) is 23.8. The molecule has 3 aromatic heterocycles. The molecule has 4 nitrogen and oxygen atoms in total. The maximum absolute atomic E-state index is 5.34. The molecule has 0 saturated carbocycles. The molecule has 0 saturated heterocycles. The number of benzene rings is 5. The van der Waals surface area contributed by atoms with Crippen LogP contribution in [0.2, 0.25) is 0 Å². The highest BCUT2D eigenvalue weighted by Gasteiger charge is 2.20. The van der Waals surface area contributed by atoms with Gasteiger partial charge < -0.3 is 0 Å². The van der Waals surface area contributed by atoms with Gasteiger partial charge >= 0.3 is 0 Å². The molecule has 4 heteroatoms. The first-order valence-corrected chi connectivity index (χ1v) is 14.7. The fourth-order valence-electron chi connectivity index (χ4n) is 5.80. The monoisotopic (exact) mass is 562 g/mol. The van der Waals surface area contributed by atoms with Gasteiger partial charge in [-0.05, 0) is 23.6 Å². The van der Waals surface area contributed by atoms with Crippen LogP contribution in [0.25, 0.3) is 78.1 Å². The molecule has 8 rings (SSSR count). The molecule has 0 bridgehead atoms. The number of pyridine rings is 2. The summed E-state index contributed by atoms with van der Waals surface area (Å²) in [5.41, 5.74) is 9.82. The van der Waals surface area contributed by atoms with Crippen LogP contribution < -0.4 is 0 Å². The second kappa shape index (κ2) is 11.0. The average molecular weight is 563 g/mol. The third-order valence-corrected chi connectivity index (χ3v) is 7.93. The third-order valence-electron chi connectivity index (χ3n) is 7.93. The Labute approximate surface area is 255 Å². The van der Waals surface area contributed by atoms with Gasteiger partial charge in [-0.2, -0.15) is 0 Å². The summed E-state index contributed by atoms with van der Waals surface area (Å²) in [6, 6.07) is 51.6. The van der Waals surface area contributed by atoms with Gasteiger partial charge in [-0.25, -0.2) is 15.0 Å². The number of hydrogen-bond donors (Lipinski definition) is 0. The Morgan fingerprint density at radius 1 is 0.295 bits per heavy atom. The highest BCUT2D eigenvalue weighted by atomic mass is 14.9. The highest BCUT2D eigenvalue weighted by Crippen LogP contribution is 2.38. The summed E-state index contributed by atoms with van der Waals surface area (Å²) in [6.07, 6.45) is 1.90. The Kier molecular flexibility index (Phi) is 6.43. The minimum absolute atomic E-state index is 0.783. The Morgan fingerprint density at radius 3 is 1.27 bits per heavy atom. The normalized spacial score (nSPS) is 11.2. The van der Waals surface area contributed by atoms with Crippen LogP contribution in [0, 0.1) is 0 Å². The predicted octanol–water partition coefficient (Wildman–Crippen LogP) is 9.91. The van der Waals surface area contributed by atoms with Crippen molar-refractivity contribution in [2.45, 2.75) is 0 Å². The maximum atomic E-state index is 5.34. The minimum Gasteiger partial charge on any atom is -0.254 e. The van der Waals surface area contributed by atoms with Crippen LogP contribution in [0.15, 0.2) is 158 Å². The fourth-order valence-corrected chi connectivity index (χ4v) is 5.80. The largest absolute Gasteiger partial charge is 0.254 e. The van der Waals surface area contributed by atoms with E-state index in [9.17, 15) is 0 Å². The summed E-state index contributed by atoms with van der Waals surface area (Å²) >= 11 is 0.